The number of amides is 1. The number of hydrogen-bond acceptors (Lipinski definition) is 3. The van der Waals surface area contributed by atoms with E-state index in [1.54, 1.807) is 6.20 Å². The summed E-state index contributed by atoms with van der Waals surface area (Å²) in [6.07, 6.45) is 4.69. The average Bonchev–Trinajstić information content (AvgIpc) is 2.61. The van der Waals surface area contributed by atoms with E-state index in [4.69, 9.17) is 11.6 Å². The Bertz CT molecular complexity index is 641. The zero-order valence-corrected chi connectivity index (χ0v) is 15.0. The number of rotatable bonds is 8. The van der Waals surface area contributed by atoms with Crippen LogP contribution >= 0.6 is 11.6 Å². The second kappa shape index (κ2) is 9.28. The summed E-state index contributed by atoms with van der Waals surface area (Å²) in [4.78, 5) is 18.6. The summed E-state index contributed by atoms with van der Waals surface area (Å²) in [7, 11) is 2.02. The fourth-order valence-electron chi connectivity index (χ4n) is 2.33. The number of hydrogen-bond donors (Lipinski definition) is 1. The highest BCUT2D eigenvalue weighted by Crippen LogP contribution is 2.11. The largest absolute Gasteiger partial charge is 0.360 e. The van der Waals surface area contributed by atoms with Crippen LogP contribution in [0.15, 0.2) is 42.6 Å². The van der Waals surface area contributed by atoms with Crippen LogP contribution in [0.3, 0.4) is 0 Å². The Balaban J connectivity index is 1.82. The van der Waals surface area contributed by atoms with Crippen molar-refractivity contribution in [1.82, 2.24) is 10.3 Å². The molecule has 0 fully saturated rings. The average molecular weight is 346 g/mol. The van der Waals surface area contributed by atoms with Crippen molar-refractivity contribution < 1.29 is 4.79 Å². The summed E-state index contributed by atoms with van der Waals surface area (Å²) in [5.41, 5.74) is 1.73. The Hall–Kier alpha value is -2.07. The van der Waals surface area contributed by atoms with Crippen molar-refractivity contribution in [1.29, 1.82) is 0 Å². The molecule has 1 heterocycles. The number of halogens is 1. The van der Waals surface area contributed by atoms with E-state index in [9.17, 15) is 4.79 Å². The molecule has 5 heteroatoms. The molecule has 4 nitrogen and oxygen atoms in total. The topological polar surface area (TPSA) is 45.2 Å². The van der Waals surface area contributed by atoms with Gasteiger partial charge in [0.15, 0.2) is 0 Å². The minimum atomic E-state index is -0.0979. The normalized spacial score (nSPS) is 10.5. The highest BCUT2D eigenvalue weighted by atomic mass is 35.5. The van der Waals surface area contributed by atoms with E-state index in [0.29, 0.717) is 12.1 Å². The lowest BCUT2D eigenvalue weighted by atomic mass is 10.1. The molecule has 128 valence electrons. The van der Waals surface area contributed by atoms with Gasteiger partial charge >= 0.3 is 0 Å². The summed E-state index contributed by atoms with van der Waals surface area (Å²) in [6, 6.07) is 11.4. The molecule has 1 aromatic carbocycles. The molecule has 2 aromatic rings. The second-order valence-corrected chi connectivity index (χ2v) is 6.25. The lowest BCUT2D eigenvalue weighted by molar-refractivity contribution is 0.0954. The molecule has 0 saturated heterocycles. The summed E-state index contributed by atoms with van der Waals surface area (Å²) < 4.78 is 0. The Morgan fingerprint density at radius 2 is 1.96 bits per heavy atom. The van der Waals surface area contributed by atoms with Crippen LogP contribution < -0.4 is 10.2 Å². The van der Waals surface area contributed by atoms with Gasteiger partial charge in [0.1, 0.15) is 5.82 Å². The first-order valence-electron chi connectivity index (χ1n) is 8.30. The molecule has 0 unspecified atom stereocenters. The molecule has 0 radical (unpaired) electrons. The molecule has 0 spiro atoms. The zero-order chi connectivity index (χ0) is 17.4. The molecule has 1 amide bonds. The maximum absolute atomic E-state index is 12.2. The van der Waals surface area contributed by atoms with E-state index < -0.39 is 0 Å². The van der Waals surface area contributed by atoms with Gasteiger partial charge in [-0.2, -0.15) is 0 Å². The quantitative estimate of drug-likeness (QED) is 0.788. The number of benzene rings is 1. The van der Waals surface area contributed by atoms with Crippen LogP contribution in [0.2, 0.25) is 5.02 Å². The van der Waals surface area contributed by atoms with Gasteiger partial charge < -0.3 is 10.2 Å². The minimum Gasteiger partial charge on any atom is -0.360 e. The van der Waals surface area contributed by atoms with Gasteiger partial charge in [0.2, 0.25) is 0 Å². The van der Waals surface area contributed by atoms with Crippen molar-refractivity contribution in [3.63, 3.8) is 0 Å². The first-order valence-corrected chi connectivity index (χ1v) is 8.67. The number of unbranched alkanes of at least 4 members (excludes halogenated alkanes) is 1. The molecular formula is C19H24ClN3O. The number of carbonyl (C=O) groups is 1. The predicted molar refractivity (Wildman–Crippen MR) is 99.9 cm³/mol. The molecule has 1 aromatic heterocycles. The maximum atomic E-state index is 12.2. The van der Waals surface area contributed by atoms with E-state index >= 15 is 0 Å². The molecule has 1 N–H and O–H groups in total. The third-order valence-corrected chi connectivity index (χ3v) is 4.11. The molecule has 0 aliphatic rings. The van der Waals surface area contributed by atoms with Gasteiger partial charge in [-0.15, -0.1) is 0 Å². The van der Waals surface area contributed by atoms with Gasteiger partial charge in [0.25, 0.3) is 5.91 Å². The van der Waals surface area contributed by atoms with E-state index in [-0.39, 0.29) is 5.91 Å². The van der Waals surface area contributed by atoms with E-state index in [2.05, 4.69) is 22.1 Å². The van der Waals surface area contributed by atoms with E-state index in [1.807, 2.05) is 43.4 Å². The summed E-state index contributed by atoms with van der Waals surface area (Å²) >= 11 is 5.86. The number of aromatic nitrogens is 1. The monoisotopic (exact) mass is 345 g/mol. The van der Waals surface area contributed by atoms with Crippen molar-refractivity contribution in [2.45, 2.75) is 26.2 Å². The van der Waals surface area contributed by atoms with Gasteiger partial charge in [-0.1, -0.05) is 37.1 Å². The van der Waals surface area contributed by atoms with Crippen molar-refractivity contribution in [2.75, 3.05) is 25.0 Å². The summed E-state index contributed by atoms with van der Waals surface area (Å²) in [5.74, 6) is 0.792. The number of nitrogens with zero attached hydrogens (tertiary/aromatic N) is 2. The number of anilines is 1. The summed E-state index contributed by atoms with van der Waals surface area (Å²) in [5, 5.41) is 3.64. The predicted octanol–water partition coefficient (Wildman–Crippen LogP) is 3.94. The number of nitrogens with one attached hydrogen (secondary N) is 1. The first kappa shape index (κ1) is 18.3. The first-order chi connectivity index (χ1) is 11.6. The Morgan fingerprint density at radius 1 is 1.21 bits per heavy atom. The number of pyridine rings is 1. The highest BCUT2D eigenvalue weighted by Gasteiger charge is 2.07. The van der Waals surface area contributed by atoms with Crippen LogP contribution in [0.25, 0.3) is 0 Å². The standard InChI is InChI=1S/C19H24ClN3O/c1-3-4-13-23(2)18-10-7-16(14-22-18)19(24)21-12-11-15-5-8-17(20)9-6-15/h5-10,14H,3-4,11-13H2,1-2H3,(H,21,24). The molecule has 0 aliphatic carbocycles. The minimum absolute atomic E-state index is 0.0979. The van der Waals surface area contributed by atoms with Crippen LogP contribution in [0, 0.1) is 0 Å². The van der Waals surface area contributed by atoms with Crippen LogP contribution in [0.1, 0.15) is 35.7 Å². The second-order valence-electron chi connectivity index (χ2n) is 5.81. The van der Waals surface area contributed by atoms with Gasteiger partial charge in [-0.25, -0.2) is 4.98 Å². The maximum Gasteiger partial charge on any atom is 0.252 e. The molecular weight excluding hydrogens is 322 g/mol. The van der Waals surface area contributed by atoms with Crippen LogP contribution in [-0.2, 0) is 6.42 Å². The Kier molecular flexibility index (Phi) is 7.07. The van der Waals surface area contributed by atoms with Crippen LogP contribution in [0.5, 0.6) is 0 Å². The van der Waals surface area contributed by atoms with Gasteiger partial charge in [0, 0.05) is 31.4 Å². The van der Waals surface area contributed by atoms with Crippen molar-refractivity contribution in [3.05, 3.63) is 58.7 Å². The third-order valence-electron chi connectivity index (χ3n) is 3.86. The fraction of sp³-hybridized carbons (Fsp3) is 0.368. The molecule has 0 saturated carbocycles. The van der Waals surface area contributed by atoms with Crippen LogP contribution in [-0.4, -0.2) is 31.0 Å². The lowest BCUT2D eigenvalue weighted by Gasteiger charge is -2.17. The van der Waals surface area contributed by atoms with Crippen molar-refractivity contribution in [2.24, 2.45) is 0 Å². The SMILES string of the molecule is CCCCN(C)c1ccc(C(=O)NCCc2ccc(Cl)cc2)cn1. The van der Waals surface area contributed by atoms with Crippen molar-refractivity contribution in [3.8, 4) is 0 Å². The van der Waals surface area contributed by atoms with Crippen molar-refractivity contribution >= 4 is 23.3 Å². The smallest absolute Gasteiger partial charge is 0.252 e. The third kappa shape index (κ3) is 5.53. The Labute approximate surface area is 148 Å². The zero-order valence-electron chi connectivity index (χ0n) is 14.3. The molecule has 0 atom stereocenters. The van der Waals surface area contributed by atoms with E-state index in [0.717, 1.165) is 42.2 Å². The lowest BCUT2D eigenvalue weighted by Crippen LogP contribution is -2.26. The summed E-state index contributed by atoms with van der Waals surface area (Å²) in [6.45, 7) is 3.72. The fourth-order valence-corrected chi connectivity index (χ4v) is 2.46. The highest BCUT2D eigenvalue weighted by molar-refractivity contribution is 6.30. The molecule has 24 heavy (non-hydrogen) atoms. The van der Waals surface area contributed by atoms with Gasteiger partial charge in [-0.3, -0.25) is 4.79 Å². The van der Waals surface area contributed by atoms with Crippen LogP contribution in [0.4, 0.5) is 5.82 Å². The van der Waals surface area contributed by atoms with E-state index in [1.165, 1.54) is 0 Å². The molecule has 2 rings (SSSR count). The molecule has 0 bridgehead atoms. The van der Waals surface area contributed by atoms with Gasteiger partial charge in [-0.05, 0) is 42.7 Å². The van der Waals surface area contributed by atoms with Gasteiger partial charge in [0.05, 0.1) is 5.56 Å². The molecule has 0 aliphatic heterocycles. The Morgan fingerprint density at radius 3 is 2.58 bits per heavy atom. The number of carbonyl (C=O) groups excluding carboxylic acids is 1.